The van der Waals surface area contributed by atoms with Gasteiger partial charge in [-0.1, -0.05) is 12.1 Å². The Morgan fingerprint density at radius 2 is 1.76 bits per heavy atom. The van der Waals surface area contributed by atoms with Crippen molar-refractivity contribution in [2.45, 2.75) is 13.8 Å². The molecule has 2 heterocycles. The molecule has 0 saturated carbocycles. The Kier molecular flexibility index (Phi) is 7.33. The molecular weight excluding hydrogens is 462 g/mol. The first-order chi connectivity index (χ1) is 15.8. The van der Waals surface area contributed by atoms with Gasteiger partial charge in [-0.15, -0.1) is 0 Å². The summed E-state index contributed by atoms with van der Waals surface area (Å²) in [5, 5.41) is 15.8. The van der Waals surface area contributed by atoms with Crippen molar-refractivity contribution in [3.05, 3.63) is 68.8 Å². The molecule has 2 aromatic carbocycles. The molecule has 0 aliphatic carbocycles. The Morgan fingerprint density at radius 1 is 1.06 bits per heavy atom. The van der Waals surface area contributed by atoms with E-state index in [-0.39, 0.29) is 23.7 Å². The SMILES string of the molecule is Cc1cccc(N2C(=O)NC(=O)/C(=C/c3cc([N+](=O)[O-])ccc3N3CC[NH2+]CC3)C2=O)c1C.[Cl-]. The Balaban J connectivity index is 0.00000324. The molecule has 2 fully saturated rings. The van der Waals surface area contributed by atoms with Crippen molar-refractivity contribution in [1.29, 1.82) is 0 Å². The maximum absolute atomic E-state index is 13.3. The summed E-state index contributed by atoms with van der Waals surface area (Å²) < 4.78 is 0. The standard InChI is InChI=1S/C23H23N5O5.ClH/c1-14-4-3-5-19(15(14)2)27-22(30)18(21(29)25-23(27)31)13-16-12-17(28(32)33)6-7-20(16)26-10-8-24-9-11-26;/h3-7,12-13,24H,8-11H2,1-2H3,(H,25,29,31);1H/b18-13-;. The molecule has 0 bridgehead atoms. The maximum Gasteiger partial charge on any atom is 0.335 e. The Hall–Kier alpha value is -3.76. The number of hydrogen-bond donors (Lipinski definition) is 2. The number of anilines is 2. The van der Waals surface area contributed by atoms with Crippen molar-refractivity contribution in [3.63, 3.8) is 0 Å². The highest BCUT2D eigenvalue weighted by Crippen LogP contribution is 2.31. The lowest BCUT2D eigenvalue weighted by Crippen LogP contribution is -3.00. The minimum Gasteiger partial charge on any atom is -1.00 e. The highest BCUT2D eigenvalue weighted by atomic mass is 35.5. The van der Waals surface area contributed by atoms with E-state index in [0.29, 0.717) is 16.9 Å². The van der Waals surface area contributed by atoms with Crippen LogP contribution in [0.5, 0.6) is 0 Å². The summed E-state index contributed by atoms with van der Waals surface area (Å²) in [6.45, 7) is 6.82. The minimum atomic E-state index is -0.837. The number of hydrogen-bond acceptors (Lipinski definition) is 6. The van der Waals surface area contributed by atoms with Crippen LogP contribution in [0.1, 0.15) is 16.7 Å². The summed E-state index contributed by atoms with van der Waals surface area (Å²) >= 11 is 0. The smallest absolute Gasteiger partial charge is 0.335 e. The molecule has 2 aliphatic rings. The second-order valence-electron chi connectivity index (χ2n) is 8.03. The molecule has 4 amide bonds. The monoisotopic (exact) mass is 485 g/mol. The third kappa shape index (κ3) is 4.63. The van der Waals surface area contributed by atoms with Crippen LogP contribution in [0.3, 0.4) is 0 Å². The molecule has 0 atom stereocenters. The topological polar surface area (TPSA) is 129 Å². The van der Waals surface area contributed by atoms with E-state index in [1.165, 1.54) is 18.2 Å². The van der Waals surface area contributed by atoms with Crippen molar-refractivity contribution in [2.75, 3.05) is 36.0 Å². The van der Waals surface area contributed by atoms with E-state index in [0.717, 1.165) is 42.2 Å². The second-order valence-corrected chi connectivity index (χ2v) is 8.03. The van der Waals surface area contributed by atoms with Gasteiger partial charge in [0.1, 0.15) is 5.57 Å². The van der Waals surface area contributed by atoms with Crippen LogP contribution in [-0.4, -0.2) is 48.9 Å². The number of piperazine rings is 1. The van der Waals surface area contributed by atoms with Crippen molar-refractivity contribution >= 4 is 41.0 Å². The van der Waals surface area contributed by atoms with Crippen LogP contribution >= 0.6 is 0 Å². The number of nitro groups is 1. The summed E-state index contributed by atoms with van der Waals surface area (Å²) in [7, 11) is 0. The van der Waals surface area contributed by atoms with Crippen LogP contribution in [0.4, 0.5) is 21.9 Å². The van der Waals surface area contributed by atoms with Crippen molar-refractivity contribution in [3.8, 4) is 0 Å². The zero-order valence-corrected chi connectivity index (χ0v) is 19.5. The molecule has 0 unspecified atom stereocenters. The number of urea groups is 1. The molecule has 0 spiro atoms. The molecular formula is C23H24ClN5O5. The predicted molar refractivity (Wildman–Crippen MR) is 122 cm³/mol. The van der Waals surface area contributed by atoms with Crippen molar-refractivity contribution < 1.29 is 37.0 Å². The van der Waals surface area contributed by atoms with Gasteiger partial charge < -0.3 is 22.6 Å². The highest BCUT2D eigenvalue weighted by molar-refractivity contribution is 6.39. The number of imide groups is 2. The van der Waals surface area contributed by atoms with E-state index in [1.807, 2.05) is 13.0 Å². The van der Waals surface area contributed by atoms with E-state index in [4.69, 9.17) is 0 Å². The zero-order valence-electron chi connectivity index (χ0n) is 18.7. The quantitative estimate of drug-likeness (QED) is 0.229. The van der Waals surface area contributed by atoms with Crippen molar-refractivity contribution in [1.82, 2.24) is 5.32 Å². The molecule has 3 N–H and O–H groups in total. The van der Waals surface area contributed by atoms with Gasteiger partial charge in [0.2, 0.25) is 0 Å². The second kappa shape index (κ2) is 10.0. The number of carbonyl (C=O) groups is 3. The summed E-state index contributed by atoms with van der Waals surface area (Å²) in [4.78, 5) is 52.4. The number of halogens is 1. The Labute approximate surface area is 202 Å². The third-order valence-corrected chi connectivity index (χ3v) is 5.99. The Bertz CT molecular complexity index is 1210. The van der Waals surface area contributed by atoms with Crippen LogP contribution in [0, 0.1) is 24.0 Å². The van der Waals surface area contributed by atoms with E-state index in [2.05, 4.69) is 15.5 Å². The number of nitrogens with one attached hydrogen (secondary N) is 1. The van der Waals surface area contributed by atoms with Crippen molar-refractivity contribution in [2.24, 2.45) is 0 Å². The van der Waals surface area contributed by atoms with Crippen LogP contribution < -0.4 is 32.8 Å². The lowest BCUT2D eigenvalue weighted by Gasteiger charge is -2.30. The number of carbonyl (C=O) groups excluding carboxylic acids is 3. The average Bonchev–Trinajstić information content (AvgIpc) is 2.79. The Morgan fingerprint density at radius 3 is 2.44 bits per heavy atom. The first kappa shape index (κ1) is 24.9. The molecule has 0 radical (unpaired) electrons. The maximum atomic E-state index is 13.3. The number of amides is 4. The summed E-state index contributed by atoms with van der Waals surface area (Å²) in [6, 6.07) is 8.78. The number of barbiturate groups is 1. The van der Waals surface area contributed by atoms with Gasteiger partial charge in [0.05, 0.1) is 36.8 Å². The van der Waals surface area contributed by atoms with Crippen LogP contribution in [0.25, 0.3) is 6.08 Å². The van der Waals surface area contributed by atoms with Gasteiger partial charge in [0, 0.05) is 23.4 Å². The molecule has 0 aromatic heterocycles. The van der Waals surface area contributed by atoms with E-state index in [9.17, 15) is 24.5 Å². The van der Waals surface area contributed by atoms with Gasteiger partial charge in [0.15, 0.2) is 0 Å². The number of rotatable bonds is 4. The number of nitrogens with zero attached hydrogens (tertiary/aromatic N) is 3. The van der Waals surface area contributed by atoms with E-state index in [1.54, 1.807) is 25.1 Å². The molecule has 2 saturated heterocycles. The highest BCUT2D eigenvalue weighted by Gasteiger charge is 2.38. The molecule has 178 valence electrons. The van der Waals surface area contributed by atoms with Gasteiger partial charge in [-0.05, 0) is 43.2 Å². The first-order valence-corrected chi connectivity index (χ1v) is 10.6. The zero-order chi connectivity index (χ0) is 23.7. The number of non-ortho nitro benzene ring substituents is 1. The fourth-order valence-corrected chi connectivity index (χ4v) is 4.06. The summed E-state index contributed by atoms with van der Waals surface area (Å²) in [6.07, 6.45) is 1.34. The lowest BCUT2D eigenvalue weighted by atomic mass is 10.0. The number of nitrogens with two attached hydrogens (primary N) is 1. The van der Waals surface area contributed by atoms with E-state index >= 15 is 0 Å². The van der Waals surface area contributed by atoms with Gasteiger partial charge in [-0.25, -0.2) is 9.69 Å². The van der Waals surface area contributed by atoms with Gasteiger partial charge in [0.25, 0.3) is 17.5 Å². The van der Waals surface area contributed by atoms with Gasteiger partial charge in [-0.3, -0.25) is 25.0 Å². The average molecular weight is 486 g/mol. The first-order valence-electron chi connectivity index (χ1n) is 10.6. The molecule has 4 rings (SSSR count). The van der Waals surface area contributed by atoms with Crippen LogP contribution in [0.15, 0.2) is 42.0 Å². The van der Waals surface area contributed by atoms with Gasteiger partial charge in [-0.2, -0.15) is 0 Å². The van der Waals surface area contributed by atoms with Crippen LogP contribution in [0.2, 0.25) is 0 Å². The number of benzene rings is 2. The largest absolute Gasteiger partial charge is 1.00 e. The van der Waals surface area contributed by atoms with E-state index < -0.39 is 22.8 Å². The molecule has 10 nitrogen and oxygen atoms in total. The predicted octanol–water partition coefficient (Wildman–Crippen LogP) is -1.73. The molecule has 2 aliphatic heterocycles. The third-order valence-electron chi connectivity index (χ3n) is 5.99. The molecule has 2 aromatic rings. The molecule has 34 heavy (non-hydrogen) atoms. The fourth-order valence-electron chi connectivity index (χ4n) is 4.06. The summed E-state index contributed by atoms with van der Waals surface area (Å²) in [5.41, 5.74) is 2.65. The number of nitro benzene ring substituents is 1. The normalized spacial score (nSPS) is 17.5. The van der Waals surface area contributed by atoms with Gasteiger partial charge >= 0.3 is 6.03 Å². The fraction of sp³-hybridized carbons (Fsp3) is 0.261. The van der Waals surface area contributed by atoms with Crippen LogP contribution in [-0.2, 0) is 9.59 Å². The minimum absolute atomic E-state index is 0. The number of quaternary nitrogens is 1. The molecule has 11 heteroatoms. The lowest BCUT2D eigenvalue weighted by molar-refractivity contribution is -0.655. The number of aryl methyl sites for hydroxylation is 1. The summed E-state index contributed by atoms with van der Waals surface area (Å²) in [5.74, 6) is -1.61.